The Kier molecular flexibility index (Phi) is 3.83. The number of hydrogen-bond donors (Lipinski definition) is 1. The lowest BCUT2D eigenvalue weighted by Crippen LogP contribution is -2.49. The molecule has 4 heteroatoms. The average molecular weight is 289 g/mol. The summed E-state index contributed by atoms with van der Waals surface area (Å²) in [6.45, 7) is 8.95. The van der Waals surface area contributed by atoms with Crippen molar-refractivity contribution in [2.45, 2.75) is 26.4 Å². The van der Waals surface area contributed by atoms with E-state index in [4.69, 9.17) is 0 Å². The van der Waals surface area contributed by atoms with Gasteiger partial charge in [-0.2, -0.15) is 0 Å². The van der Waals surface area contributed by atoms with Crippen LogP contribution >= 0.6 is 27.3 Å². The van der Waals surface area contributed by atoms with Crippen molar-refractivity contribution in [1.29, 1.82) is 0 Å². The maximum absolute atomic E-state index is 3.58. The number of aryl methyl sites for hydroxylation is 1. The maximum Gasteiger partial charge on any atom is 0.0730 e. The smallest absolute Gasteiger partial charge is 0.0730 e. The summed E-state index contributed by atoms with van der Waals surface area (Å²) in [6.07, 6.45) is 0. The van der Waals surface area contributed by atoms with Gasteiger partial charge in [0.25, 0.3) is 0 Å². The van der Waals surface area contributed by atoms with E-state index in [-0.39, 0.29) is 0 Å². The van der Waals surface area contributed by atoms with Gasteiger partial charge in [-0.3, -0.25) is 4.90 Å². The second kappa shape index (κ2) is 4.95. The minimum atomic E-state index is 0.653. The lowest BCUT2D eigenvalue weighted by atomic mass is 10.2. The standard InChI is InChI=1S/C11H17BrN2S/c1-8-5-10(15-11(8)12)7-14-4-3-13-6-9(14)2/h5,9,13H,3-4,6-7H2,1-2H3. The molecule has 1 N–H and O–H groups in total. The van der Waals surface area contributed by atoms with Gasteiger partial charge in [0.15, 0.2) is 0 Å². The third-order valence-corrected chi connectivity index (χ3v) is 5.03. The van der Waals surface area contributed by atoms with Gasteiger partial charge in [0.2, 0.25) is 0 Å². The van der Waals surface area contributed by atoms with E-state index in [0.717, 1.165) is 26.2 Å². The van der Waals surface area contributed by atoms with Crippen LogP contribution in [0, 0.1) is 6.92 Å². The van der Waals surface area contributed by atoms with Gasteiger partial charge in [-0.1, -0.05) is 0 Å². The topological polar surface area (TPSA) is 15.3 Å². The Hall–Kier alpha value is 0.100. The normalized spacial score (nSPS) is 23.3. The van der Waals surface area contributed by atoms with Gasteiger partial charge in [-0.25, -0.2) is 0 Å². The van der Waals surface area contributed by atoms with Gasteiger partial charge in [-0.05, 0) is 41.4 Å². The van der Waals surface area contributed by atoms with E-state index in [1.165, 1.54) is 14.2 Å². The molecule has 84 valence electrons. The van der Waals surface area contributed by atoms with Crippen molar-refractivity contribution in [2.24, 2.45) is 0 Å². The summed E-state index contributed by atoms with van der Waals surface area (Å²) in [5.41, 5.74) is 1.36. The summed E-state index contributed by atoms with van der Waals surface area (Å²) in [6, 6.07) is 2.95. The highest BCUT2D eigenvalue weighted by Gasteiger charge is 2.18. The molecule has 1 aliphatic heterocycles. The van der Waals surface area contributed by atoms with Gasteiger partial charge in [0.1, 0.15) is 0 Å². The average Bonchev–Trinajstić information content (AvgIpc) is 2.50. The fraction of sp³-hybridized carbons (Fsp3) is 0.636. The van der Waals surface area contributed by atoms with Crippen LogP contribution in [0.4, 0.5) is 0 Å². The van der Waals surface area contributed by atoms with Crippen LogP contribution < -0.4 is 5.32 Å². The first-order valence-corrected chi connectivity index (χ1v) is 6.97. The summed E-state index contributed by atoms with van der Waals surface area (Å²) < 4.78 is 1.28. The third-order valence-electron chi connectivity index (χ3n) is 2.91. The highest BCUT2D eigenvalue weighted by atomic mass is 79.9. The zero-order valence-corrected chi connectivity index (χ0v) is 11.6. The second-order valence-corrected chi connectivity index (χ2v) is 6.65. The molecule has 0 amide bonds. The Morgan fingerprint density at radius 1 is 1.67 bits per heavy atom. The zero-order chi connectivity index (χ0) is 10.8. The van der Waals surface area contributed by atoms with Crippen molar-refractivity contribution in [3.05, 3.63) is 20.3 Å². The first-order valence-electron chi connectivity index (χ1n) is 5.36. The number of nitrogens with zero attached hydrogens (tertiary/aromatic N) is 1. The fourth-order valence-corrected chi connectivity index (χ4v) is 3.57. The van der Waals surface area contributed by atoms with Crippen LogP contribution in [0.1, 0.15) is 17.4 Å². The Labute approximate surface area is 104 Å². The highest BCUT2D eigenvalue weighted by Crippen LogP contribution is 2.28. The summed E-state index contributed by atoms with van der Waals surface area (Å²) in [5.74, 6) is 0. The molecule has 2 nitrogen and oxygen atoms in total. The van der Waals surface area contributed by atoms with Crippen molar-refractivity contribution in [1.82, 2.24) is 10.2 Å². The number of nitrogens with one attached hydrogen (secondary N) is 1. The first kappa shape index (κ1) is 11.6. The van der Waals surface area contributed by atoms with E-state index in [2.05, 4.69) is 46.1 Å². The number of rotatable bonds is 2. The predicted octanol–water partition coefficient (Wildman–Crippen LogP) is 2.61. The van der Waals surface area contributed by atoms with E-state index in [1.54, 1.807) is 0 Å². The second-order valence-electron chi connectivity index (χ2n) is 4.19. The molecule has 1 saturated heterocycles. The molecule has 0 aliphatic carbocycles. The van der Waals surface area contributed by atoms with E-state index in [0.29, 0.717) is 6.04 Å². The van der Waals surface area contributed by atoms with Crippen LogP contribution in [-0.2, 0) is 6.54 Å². The molecule has 2 rings (SSSR count). The lowest BCUT2D eigenvalue weighted by molar-refractivity contribution is 0.167. The van der Waals surface area contributed by atoms with Crippen LogP contribution in [-0.4, -0.2) is 30.6 Å². The quantitative estimate of drug-likeness (QED) is 0.900. The van der Waals surface area contributed by atoms with Crippen LogP contribution in [0.25, 0.3) is 0 Å². The monoisotopic (exact) mass is 288 g/mol. The van der Waals surface area contributed by atoms with Gasteiger partial charge >= 0.3 is 0 Å². The maximum atomic E-state index is 3.58. The summed E-state index contributed by atoms with van der Waals surface area (Å²) in [4.78, 5) is 4.02. The van der Waals surface area contributed by atoms with Crippen LogP contribution in [0.2, 0.25) is 0 Å². The molecule has 0 bridgehead atoms. The minimum absolute atomic E-state index is 0.653. The van der Waals surface area contributed by atoms with Crippen molar-refractivity contribution < 1.29 is 0 Å². The van der Waals surface area contributed by atoms with Crippen molar-refractivity contribution in [2.75, 3.05) is 19.6 Å². The molecule has 1 unspecified atom stereocenters. The molecule has 0 radical (unpaired) electrons. The zero-order valence-electron chi connectivity index (χ0n) is 9.22. The number of hydrogen-bond acceptors (Lipinski definition) is 3. The molecular formula is C11H17BrN2S. The van der Waals surface area contributed by atoms with E-state index < -0.39 is 0 Å². The Balaban J connectivity index is 2.01. The van der Waals surface area contributed by atoms with E-state index >= 15 is 0 Å². The first-order chi connectivity index (χ1) is 7.16. The SMILES string of the molecule is Cc1cc(CN2CCNCC2C)sc1Br. The molecular weight excluding hydrogens is 272 g/mol. The molecule has 0 aromatic carbocycles. The largest absolute Gasteiger partial charge is 0.314 e. The molecule has 1 fully saturated rings. The number of thiophene rings is 1. The van der Waals surface area contributed by atoms with Gasteiger partial charge in [0.05, 0.1) is 3.79 Å². The number of piperazine rings is 1. The Morgan fingerprint density at radius 3 is 3.07 bits per heavy atom. The summed E-state index contributed by atoms with van der Waals surface area (Å²) in [5, 5.41) is 3.42. The molecule has 1 aromatic rings. The van der Waals surface area contributed by atoms with Crippen LogP contribution in [0.3, 0.4) is 0 Å². The molecule has 1 aliphatic rings. The minimum Gasteiger partial charge on any atom is -0.314 e. The van der Waals surface area contributed by atoms with Crippen LogP contribution in [0.15, 0.2) is 9.85 Å². The van der Waals surface area contributed by atoms with E-state index in [1.807, 2.05) is 11.3 Å². The molecule has 1 aromatic heterocycles. The van der Waals surface area contributed by atoms with Crippen molar-refractivity contribution >= 4 is 27.3 Å². The van der Waals surface area contributed by atoms with Gasteiger partial charge in [-0.15, -0.1) is 11.3 Å². The van der Waals surface area contributed by atoms with Crippen molar-refractivity contribution in [3.8, 4) is 0 Å². The predicted molar refractivity (Wildman–Crippen MR) is 69.5 cm³/mol. The fourth-order valence-electron chi connectivity index (χ4n) is 1.92. The third kappa shape index (κ3) is 2.81. The lowest BCUT2D eigenvalue weighted by Gasteiger charge is -2.33. The summed E-state index contributed by atoms with van der Waals surface area (Å²) in [7, 11) is 0. The highest BCUT2D eigenvalue weighted by molar-refractivity contribution is 9.11. The van der Waals surface area contributed by atoms with Gasteiger partial charge in [0, 0.05) is 37.1 Å². The molecule has 0 saturated carbocycles. The van der Waals surface area contributed by atoms with Crippen LogP contribution in [0.5, 0.6) is 0 Å². The molecule has 15 heavy (non-hydrogen) atoms. The molecule has 2 heterocycles. The van der Waals surface area contributed by atoms with E-state index in [9.17, 15) is 0 Å². The molecule has 0 spiro atoms. The Bertz CT molecular complexity index is 318. The summed E-state index contributed by atoms with van der Waals surface area (Å²) >= 11 is 5.45. The van der Waals surface area contributed by atoms with Crippen molar-refractivity contribution in [3.63, 3.8) is 0 Å². The van der Waals surface area contributed by atoms with Gasteiger partial charge < -0.3 is 5.32 Å². The molecule has 1 atom stereocenters. The number of halogens is 1. The Morgan fingerprint density at radius 2 is 2.47 bits per heavy atom.